The Hall–Kier alpha value is -2.92. The maximum Gasteiger partial charge on any atom is 0.257 e. The van der Waals surface area contributed by atoms with Crippen LogP contribution in [0.1, 0.15) is 34.6 Å². The zero-order valence-electron chi connectivity index (χ0n) is 17.5. The molecule has 0 spiro atoms. The molecule has 1 saturated heterocycles. The normalized spacial score (nSPS) is 18.6. The highest BCUT2D eigenvalue weighted by Crippen LogP contribution is 2.38. The van der Waals surface area contributed by atoms with Gasteiger partial charge in [0.05, 0.1) is 20.6 Å². The molecule has 1 fully saturated rings. The lowest BCUT2D eigenvalue weighted by Crippen LogP contribution is -2.32. The second-order valence-electron chi connectivity index (χ2n) is 7.70. The summed E-state index contributed by atoms with van der Waals surface area (Å²) >= 11 is 18.3. The minimum Gasteiger partial charge on any atom is -0.474 e. The molecule has 3 atom stereocenters. The van der Waals surface area contributed by atoms with Crippen molar-refractivity contribution in [3.05, 3.63) is 80.9 Å². The number of aromatic nitrogens is 3. The molecule has 1 aromatic carbocycles. The number of hydrogen-bond donors (Lipinski definition) is 0. The van der Waals surface area contributed by atoms with Crippen LogP contribution in [0.3, 0.4) is 0 Å². The molecule has 33 heavy (non-hydrogen) atoms. The van der Waals surface area contributed by atoms with Crippen molar-refractivity contribution in [1.82, 2.24) is 19.9 Å². The van der Waals surface area contributed by atoms with Crippen molar-refractivity contribution in [2.24, 2.45) is 5.92 Å². The molecule has 0 saturated carbocycles. The van der Waals surface area contributed by atoms with Crippen molar-refractivity contribution in [3.63, 3.8) is 0 Å². The summed E-state index contributed by atoms with van der Waals surface area (Å²) in [6.45, 7) is 2.84. The van der Waals surface area contributed by atoms with Crippen LogP contribution in [0.5, 0.6) is 5.88 Å². The van der Waals surface area contributed by atoms with Gasteiger partial charge in [0.1, 0.15) is 12.2 Å². The van der Waals surface area contributed by atoms with Crippen molar-refractivity contribution in [2.75, 3.05) is 13.1 Å². The van der Waals surface area contributed by atoms with E-state index in [2.05, 4.69) is 15.0 Å². The van der Waals surface area contributed by atoms with Gasteiger partial charge in [0.25, 0.3) is 5.91 Å². The number of halogens is 3. The number of benzene rings is 1. The number of likely N-dealkylation sites (tertiary alicyclic amines) is 1. The van der Waals surface area contributed by atoms with Crippen molar-refractivity contribution in [1.29, 1.82) is 5.26 Å². The Kier molecular flexibility index (Phi) is 6.99. The zero-order valence-corrected chi connectivity index (χ0v) is 19.7. The maximum atomic E-state index is 13.2. The average Bonchev–Trinajstić information content (AvgIpc) is 3.27. The molecular formula is C23H18Cl3N5O2. The monoisotopic (exact) mass is 501 g/mol. The second-order valence-corrected chi connectivity index (χ2v) is 8.95. The third-order valence-electron chi connectivity index (χ3n) is 5.63. The number of carbonyl (C=O) groups excluding carboxylic acids is 1. The molecule has 1 amide bonds. The summed E-state index contributed by atoms with van der Waals surface area (Å²) in [5, 5.41) is 10.3. The first kappa shape index (κ1) is 23.2. The first-order valence-electron chi connectivity index (χ1n) is 10.1. The van der Waals surface area contributed by atoms with Gasteiger partial charge < -0.3 is 9.64 Å². The number of ether oxygens (including phenoxy) is 1. The number of amides is 1. The van der Waals surface area contributed by atoms with Crippen molar-refractivity contribution in [3.8, 4) is 11.9 Å². The summed E-state index contributed by atoms with van der Waals surface area (Å²) < 4.78 is 6.10. The van der Waals surface area contributed by atoms with Gasteiger partial charge in [-0.3, -0.25) is 4.79 Å². The van der Waals surface area contributed by atoms with Crippen LogP contribution in [0, 0.1) is 17.2 Å². The Bertz CT molecular complexity index is 1200. The molecule has 10 heteroatoms. The first-order valence-corrected chi connectivity index (χ1v) is 11.2. The van der Waals surface area contributed by atoms with Crippen LogP contribution in [0.15, 0.2) is 48.9 Å². The molecule has 0 radical (unpaired) electrons. The van der Waals surface area contributed by atoms with Crippen LogP contribution in [0.4, 0.5) is 0 Å². The Labute approximate surface area is 205 Å². The van der Waals surface area contributed by atoms with Gasteiger partial charge in [-0.15, -0.1) is 0 Å². The van der Waals surface area contributed by atoms with Crippen LogP contribution < -0.4 is 4.74 Å². The topological polar surface area (TPSA) is 92.0 Å². The summed E-state index contributed by atoms with van der Waals surface area (Å²) in [5.74, 6) is 0.138. The Morgan fingerprint density at radius 2 is 1.85 bits per heavy atom. The summed E-state index contributed by atoms with van der Waals surface area (Å²) in [5.41, 5.74) is 1.27. The van der Waals surface area contributed by atoms with Gasteiger partial charge in [0.15, 0.2) is 0 Å². The van der Waals surface area contributed by atoms with Gasteiger partial charge >= 0.3 is 0 Å². The van der Waals surface area contributed by atoms with E-state index in [9.17, 15) is 4.79 Å². The van der Waals surface area contributed by atoms with Crippen molar-refractivity contribution >= 4 is 40.7 Å². The van der Waals surface area contributed by atoms with Crippen molar-refractivity contribution < 1.29 is 9.53 Å². The zero-order chi connectivity index (χ0) is 23.5. The van der Waals surface area contributed by atoms with Crippen LogP contribution >= 0.6 is 34.8 Å². The molecule has 0 N–H and O–H groups in total. The van der Waals surface area contributed by atoms with E-state index < -0.39 is 0 Å². The molecule has 0 unspecified atom stereocenters. The Morgan fingerprint density at radius 3 is 2.48 bits per heavy atom. The minimum absolute atomic E-state index is 0.0111. The SMILES string of the molecule is C[C@@H](Oc1ccc(Cl)cn1)[C@@H]1CN(C(=O)c2cnc(C#N)nc2)C[C@H]1c1ccc(Cl)c(Cl)c1. The summed E-state index contributed by atoms with van der Waals surface area (Å²) in [6.07, 6.45) is 3.99. The summed E-state index contributed by atoms with van der Waals surface area (Å²) in [4.78, 5) is 26.9. The quantitative estimate of drug-likeness (QED) is 0.486. The molecule has 168 valence electrons. The van der Waals surface area contributed by atoms with E-state index in [-0.39, 0.29) is 29.7 Å². The molecular weight excluding hydrogens is 485 g/mol. The molecule has 1 aliphatic rings. The number of rotatable bonds is 5. The van der Waals surface area contributed by atoms with Gasteiger partial charge in [-0.1, -0.05) is 40.9 Å². The molecule has 7 nitrogen and oxygen atoms in total. The lowest BCUT2D eigenvalue weighted by Gasteiger charge is -2.25. The summed E-state index contributed by atoms with van der Waals surface area (Å²) in [7, 11) is 0. The van der Waals surface area contributed by atoms with Gasteiger partial charge in [0.2, 0.25) is 11.7 Å². The van der Waals surface area contributed by atoms with Crippen LogP contribution in [0.2, 0.25) is 15.1 Å². The van der Waals surface area contributed by atoms with E-state index in [1.165, 1.54) is 18.6 Å². The van der Waals surface area contributed by atoms with E-state index in [0.29, 0.717) is 39.6 Å². The van der Waals surface area contributed by atoms with Gasteiger partial charge in [-0.25, -0.2) is 15.0 Å². The van der Waals surface area contributed by atoms with E-state index in [1.807, 2.05) is 25.1 Å². The number of nitrogens with zero attached hydrogens (tertiary/aromatic N) is 5. The molecule has 3 aromatic rings. The van der Waals surface area contributed by atoms with Gasteiger partial charge in [-0.2, -0.15) is 5.26 Å². The molecule has 1 aliphatic heterocycles. The van der Waals surface area contributed by atoms with E-state index >= 15 is 0 Å². The van der Waals surface area contributed by atoms with Crippen molar-refractivity contribution in [2.45, 2.75) is 18.9 Å². The average molecular weight is 503 g/mol. The van der Waals surface area contributed by atoms with E-state index in [1.54, 1.807) is 23.1 Å². The smallest absolute Gasteiger partial charge is 0.257 e. The fourth-order valence-electron chi connectivity index (χ4n) is 3.95. The van der Waals surface area contributed by atoms with Gasteiger partial charge in [0, 0.05) is 49.6 Å². The highest BCUT2D eigenvalue weighted by Gasteiger charge is 2.40. The first-order chi connectivity index (χ1) is 15.9. The standard InChI is InChI=1S/C23H18Cl3N5O2/c1-13(33-22-5-3-16(24)10-30-22)17-11-31(23(32)15-8-28-21(7-27)29-9-15)12-18(17)14-2-4-19(25)20(26)6-14/h2-6,8-10,13,17-18H,11-12H2,1H3/t13-,17+,18+/m1/s1. The lowest BCUT2D eigenvalue weighted by atomic mass is 9.86. The largest absolute Gasteiger partial charge is 0.474 e. The Balaban J connectivity index is 1.60. The lowest BCUT2D eigenvalue weighted by molar-refractivity contribution is 0.0769. The predicted molar refractivity (Wildman–Crippen MR) is 125 cm³/mol. The fraction of sp³-hybridized carbons (Fsp3) is 0.261. The number of nitriles is 1. The highest BCUT2D eigenvalue weighted by molar-refractivity contribution is 6.42. The fourth-order valence-corrected chi connectivity index (χ4v) is 4.37. The third kappa shape index (κ3) is 5.19. The van der Waals surface area contributed by atoms with Crippen LogP contribution in [-0.2, 0) is 0 Å². The van der Waals surface area contributed by atoms with Gasteiger partial charge in [-0.05, 0) is 30.7 Å². The van der Waals surface area contributed by atoms with Crippen LogP contribution in [-0.4, -0.2) is 45.0 Å². The van der Waals surface area contributed by atoms with Crippen LogP contribution in [0.25, 0.3) is 0 Å². The molecule has 2 aromatic heterocycles. The molecule has 0 aliphatic carbocycles. The minimum atomic E-state index is -0.270. The van der Waals surface area contributed by atoms with E-state index in [4.69, 9.17) is 44.8 Å². The second kappa shape index (κ2) is 9.92. The number of hydrogen-bond acceptors (Lipinski definition) is 6. The molecule has 4 rings (SSSR count). The highest BCUT2D eigenvalue weighted by atomic mass is 35.5. The third-order valence-corrected chi connectivity index (χ3v) is 6.60. The predicted octanol–water partition coefficient (Wildman–Crippen LogP) is 5.03. The number of carbonyl (C=O) groups is 1. The maximum absolute atomic E-state index is 13.2. The summed E-state index contributed by atoms with van der Waals surface area (Å²) in [6, 6.07) is 10.8. The number of pyridine rings is 1. The molecule has 0 bridgehead atoms. The van der Waals surface area contributed by atoms with E-state index in [0.717, 1.165) is 5.56 Å². The molecule has 3 heterocycles. The Morgan fingerprint density at radius 1 is 1.09 bits per heavy atom.